The quantitative estimate of drug-likeness (QED) is 0.677. The second-order valence-electron chi connectivity index (χ2n) is 6.70. The monoisotopic (exact) mass is 344 g/mol. The number of hydrogen-bond acceptors (Lipinski definition) is 3. The molecule has 0 radical (unpaired) electrons. The number of phenolic OH excluding ortho intramolecular Hbond substituents is 2. The molecule has 0 saturated carbocycles. The number of benzene rings is 2. The van der Waals surface area contributed by atoms with Crippen molar-refractivity contribution in [3.63, 3.8) is 0 Å². The maximum Gasteiger partial charge on any atom is 0.119 e. The SMILES string of the molecule is CCC(C)c1cc2c(cc1O)-c1cc(O)c(C(C)CC)cc1S2=O. The Morgan fingerprint density at radius 1 is 0.833 bits per heavy atom. The van der Waals surface area contributed by atoms with Crippen molar-refractivity contribution in [3.8, 4) is 22.6 Å². The van der Waals surface area contributed by atoms with Crippen LogP contribution >= 0.6 is 0 Å². The zero-order chi connectivity index (χ0) is 17.6. The lowest BCUT2D eigenvalue weighted by Crippen LogP contribution is -1.96. The average Bonchev–Trinajstić information content (AvgIpc) is 2.83. The van der Waals surface area contributed by atoms with E-state index in [1.54, 1.807) is 12.1 Å². The van der Waals surface area contributed by atoms with Gasteiger partial charge in [0.25, 0.3) is 0 Å². The number of phenols is 2. The van der Waals surface area contributed by atoms with Crippen LogP contribution in [0.25, 0.3) is 11.1 Å². The summed E-state index contributed by atoms with van der Waals surface area (Å²) in [6.45, 7) is 8.25. The van der Waals surface area contributed by atoms with E-state index < -0.39 is 10.8 Å². The van der Waals surface area contributed by atoms with Crippen molar-refractivity contribution in [3.05, 3.63) is 35.4 Å². The lowest BCUT2D eigenvalue weighted by molar-refractivity contribution is 0.460. The summed E-state index contributed by atoms with van der Waals surface area (Å²) in [5, 5.41) is 20.8. The minimum absolute atomic E-state index is 0.208. The van der Waals surface area contributed by atoms with Crippen molar-refractivity contribution in [2.45, 2.75) is 62.2 Å². The number of aromatic hydroxyl groups is 2. The summed E-state index contributed by atoms with van der Waals surface area (Å²) in [4.78, 5) is 1.47. The smallest absolute Gasteiger partial charge is 0.119 e. The third-order valence-electron chi connectivity index (χ3n) is 5.23. The predicted molar refractivity (Wildman–Crippen MR) is 97.3 cm³/mol. The van der Waals surface area contributed by atoms with Crippen LogP contribution in [0.4, 0.5) is 0 Å². The van der Waals surface area contributed by atoms with Gasteiger partial charge in [0.05, 0.1) is 20.6 Å². The molecule has 4 heteroatoms. The van der Waals surface area contributed by atoms with Crippen LogP contribution in [0, 0.1) is 0 Å². The summed E-state index contributed by atoms with van der Waals surface area (Å²) in [6, 6.07) is 7.13. The van der Waals surface area contributed by atoms with Crippen molar-refractivity contribution in [2.75, 3.05) is 0 Å². The first kappa shape index (κ1) is 17.0. The van der Waals surface area contributed by atoms with Crippen molar-refractivity contribution >= 4 is 10.8 Å². The molecular formula is C20H24O3S. The van der Waals surface area contributed by atoms with E-state index >= 15 is 0 Å². The largest absolute Gasteiger partial charge is 0.508 e. The van der Waals surface area contributed by atoms with Crippen molar-refractivity contribution in [1.82, 2.24) is 0 Å². The third kappa shape index (κ3) is 2.53. The molecule has 1 aliphatic heterocycles. The van der Waals surface area contributed by atoms with Crippen LogP contribution in [0.5, 0.6) is 11.5 Å². The average molecular weight is 344 g/mol. The normalized spacial score (nSPS) is 18.1. The van der Waals surface area contributed by atoms with Gasteiger partial charge in [0, 0.05) is 11.1 Å². The summed E-state index contributed by atoms with van der Waals surface area (Å²) < 4.78 is 13.0. The Kier molecular flexibility index (Phi) is 4.43. The van der Waals surface area contributed by atoms with Gasteiger partial charge >= 0.3 is 0 Å². The fourth-order valence-corrected chi connectivity index (χ4v) is 4.69. The van der Waals surface area contributed by atoms with E-state index in [0.29, 0.717) is 0 Å². The van der Waals surface area contributed by atoms with Crippen LogP contribution in [0.15, 0.2) is 34.1 Å². The van der Waals surface area contributed by atoms with Crippen LogP contribution in [0.2, 0.25) is 0 Å². The van der Waals surface area contributed by atoms with E-state index in [1.165, 1.54) is 0 Å². The molecule has 2 aromatic carbocycles. The maximum atomic E-state index is 13.0. The third-order valence-corrected chi connectivity index (χ3v) is 6.71. The van der Waals surface area contributed by atoms with Gasteiger partial charge in [-0.05, 0) is 60.1 Å². The molecule has 0 fully saturated rings. The highest BCUT2D eigenvalue weighted by atomic mass is 32.2. The fraction of sp³-hybridized carbons (Fsp3) is 0.400. The molecule has 2 N–H and O–H groups in total. The fourth-order valence-electron chi connectivity index (χ4n) is 3.24. The van der Waals surface area contributed by atoms with Gasteiger partial charge in [0.2, 0.25) is 0 Å². The van der Waals surface area contributed by atoms with Crippen molar-refractivity contribution in [1.29, 1.82) is 0 Å². The molecule has 1 heterocycles. The van der Waals surface area contributed by atoms with Crippen molar-refractivity contribution < 1.29 is 14.4 Å². The number of fused-ring (bicyclic) bond motifs is 3. The van der Waals surface area contributed by atoms with Gasteiger partial charge in [-0.15, -0.1) is 0 Å². The molecule has 0 bridgehead atoms. The zero-order valence-electron chi connectivity index (χ0n) is 14.6. The molecule has 2 unspecified atom stereocenters. The van der Waals surface area contributed by atoms with E-state index in [1.807, 2.05) is 12.1 Å². The molecule has 0 aromatic heterocycles. The molecule has 0 saturated heterocycles. The van der Waals surface area contributed by atoms with Gasteiger partial charge in [0.1, 0.15) is 11.5 Å². The summed E-state index contributed by atoms with van der Waals surface area (Å²) in [7, 11) is -1.27. The zero-order valence-corrected chi connectivity index (χ0v) is 15.4. The van der Waals surface area contributed by atoms with Gasteiger partial charge in [-0.2, -0.15) is 0 Å². The molecule has 0 spiro atoms. The second-order valence-corrected chi connectivity index (χ2v) is 8.12. The first-order chi connectivity index (χ1) is 11.4. The molecule has 1 aliphatic rings. The Morgan fingerprint density at radius 2 is 1.21 bits per heavy atom. The lowest BCUT2D eigenvalue weighted by Gasteiger charge is -2.14. The maximum absolute atomic E-state index is 13.0. The van der Waals surface area contributed by atoms with Gasteiger partial charge in [0.15, 0.2) is 0 Å². The highest BCUT2D eigenvalue weighted by Crippen LogP contribution is 2.47. The molecule has 2 atom stereocenters. The van der Waals surface area contributed by atoms with Gasteiger partial charge in [-0.3, -0.25) is 0 Å². The van der Waals surface area contributed by atoms with E-state index in [9.17, 15) is 14.4 Å². The predicted octanol–water partition coefficient (Wildman–Crippen LogP) is 5.27. The van der Waals surface area contributed by atoms with Crippen LogP contribution < -0.4 is 0 Å². The Hall–Kier alpha value is -1.81. The summed E-state index contributed by atoms with van der Waals surface area (Å²) in [5.41, 5.74) is 3.20. The highest BCUT2D eigenvalue weighted by Gasteiger charge is 2.30. The molecule has 128 valence electrons. The molecule has 0 amide bonds. The van der Waals surface area contributed by atoms with Gasteiger partial charge in [-0.25, -0.2) is 4.21 Å². The second kappa shape index (κ2) is 6.25. The molecule has 3 nitrogen and oxygen atoms in total. The minimum atomic E-state index is -1.27. The molecular weight excluding hydrogens is 320 g/mol. The number of hydrogen-bond donors (Lipinski definition) is 2. The molecule has 2 aromatic rings. The van der Waals surface area contributed by atoms with Crippen LogP contribution in [-0.4, -0.2) is 14.4 Å². The van der Waals surface area contributed by atoms with Crippen LogP contribution in [0.1, 0.15) is 63.5 Å². The van der Waals surface area contributed by atoms with E-state index in [-0.39, 0.29) is 23.3 Å². The van der Waals surface area contributed by atoms with E-state index in [2.05, 4.69) is 27.7 Å². The Morgan fingerprint density at radius 3 is 1.54 bits per heavy atom. The molecule has 24 heavy (non-hydrogen) atoms. The standard InChI is InChI=1S/C20H24O3S/c1-5-11(3)13-9-19-15(7-17(13)21)16-8-18(22)14(12(4)6-2)10-20(16)24(19)23/h7-12,21-22H,5-6H2,1-4H3. The Labute approximate surface area is 145 Å². The summed E-state index contributed by atoms with van der Waals surface area (Å²) >= 11 is 0. The minimum Gasteiger partial charge on any atom is -0.508 e. The topological polar surface area (TPSA) is 57.5 Å². The number of rotatable bonds is 4. The van der Waals surface area contributed by atoms with Gasteiger partial charge < -0.3 is 10.2 Å². The lowest BCUT2D eigenvalue weighted by atomic mass is 9.92. The van der Waals surface area contributed by atoms with Crippen LogP contribution in [0.3, 0.4) is 0 Å². The Balaban J connectivity index is 2.18. The van der Waals surface area contributed by atoms with Gasteiger partial charge in [-0.1, -0.05) is 27.7 Å². The summed E-state index contributed by atoms with van der Waals surface area (Å²) in [6.07, 6.45) is 1.82. The Bertz CT molecular complexity index is 759. The van der Waals surface area contributed by atoms with Crippen molar-refractivity contribution in [2.24, 2.45) is 0 Å². The van der Waals surface area contributed by atoms with Crippen LogP contribution in [-0.2, 0) is 10.8 Å². The first-order valence-corrected chi connectivity index (χ1v) is 9.69. The van der Waals surface area contributed by atoms with E-state index in [0.717, 1.165) is 44.9 Å². The summed E-state index contributed by atoms with van der Waals surface area (Å²) in [5.74, 6) is 0.886. The highest BCUT2D eigenvalue weighted by molar-refractivity contribution is 7.85. The molecule has 3 rings (SSSR count). The van der Waals surface area contributed by atoms with E-state index in [4.69, 9.17) is 0 Å². The first-order valence-electron chi connectivity index (χ1n) is 8.54. The molecule has 0 aliphatic carbocycles.